The van der Waals surface area contributed by atoms with Crippen LogP contribution >= 0.6 is 11.3 Å². The molecule has 2 heterocycles. The van der Waals surface area contributed by atoms with E-state index >= 15 is 0 Å². The lowest BCUT2D eigenvalue weighted by Crippen LogP contribution is -2.46. The smallest absolute Gasteiger partial charge is 0.494 e. The van der Waals surface area contributed by atoms with Gasteiger partial charge in [-0.15, -0.1) is 11.3 Å². The number of piperazine rings is 1. The van der Waals surface area contributed by atoms with Crippen molar-refractivity contribution in [2.75, 3.05) is 50.8 Å². The molecule has 0 saturated carbocycles. The molecule has 1 fully saturated rings. The van der Waals surface area contributed by atoms with Crippen molar-refractivity contribution in [1.29, 1.82) is 0 Å². The number of carbonyl (C=O) groups excluding carboxylic acids is 2. The van der Waals surface area contributed by atoms with Gasteiger partial charge < -0.3 is 23.9 Å². The highest BCUT2D eigenvalue weighted by atomic mass is 32.1. The Balaban J connectivity index is 1.19. The number of thiophene rings is 1. The van der Waals surface area contributed by atoms with E-state index in [1.807, 2.05) is 18.2 Å². The fraction of sp³-hybridized carbons (Fsp3) is 0.500. The van der Waals surface area contributed by atoms with E-state index in [2.05, 4.69) is 51.4 Å². The van der Waals surface area contributed by atoms with E-state index in [1.54, 1.807) is 18.3 Å². The van der Waals surface area contributed by atoms with Crippen LogP contribution in [0.4, 0.5) is 16.2 Å². The number of fused-ring (bicyclic) bond motifs is 1. The second-order valence-electron chi connectivity index (χ2n) is 11.0. The zero-order chi connectivity index (χ0) is 30.3. The molecule has 0 bridgehead atoms. The third-order valence-electron chi connectivity index (χ3n) is 7.68. The quantitative estimate of drug-likeness (QED) is 0.0670. The summed E-state index contributed by atoms with van der Waals surface area (Å²) in [6.45, 7) is 9.94. The number of unbranched alkanes of at least 4 members (excludes halogenated alkanes) is 4. The van der Waals surface area contributed by atoms with Gasteiger partial charge in [0, 0.05) is 54.4 Å². The van der Waals surface area contributed by atoms with E-state index in [9.17, 15) is 9.59 Å². The maximum absolute atomic E-state index is 11.9. The van der Waals surface area contributed by atoms with Crippen LogP contribution in [0.15, 0.2) is 52.8 Å². The van der Waals surface area contributed by atoms with Gasteiger partial charge in [-0.3, -0.25) is 4.90 Å². The molecular formula is C34H45N3O5S. The Morgan fingerprint density at radius 3 is 2.63 bits per heavy atom. The number of hydrogen-bond donors (Lipinski definition) is 0. The van der Waals surface area contributed by atoms with Crippen molar-refractivity contribution < 1.29 is 23.8 Å². The molecule has 43 heavy (non-hydrogen) atoms. The molecule has 1 aliphatic heterocycles. The summed E-state index contributed by atoms with van der Waals surface area (Å²) in [7, 11) is 0. The Bertz CT molecular complexity index is 1330. The zero-order valence-electron chi connectivity index (χ0n) is 25.6. The lowest BCUT2D eigenvalue weighted by molar-refractivity contribution is -0.116. The first-order valence-electron chi connectivity index (χ1n) is 15.6. The SMILES string of the molecule is CCCCCCOC(=O)OC=Nc1cc(OCCCCN2CCN(c3cccc4sccc34)CC2)ccc1CCC(C)=O. The molecule has 0 radical (unpaired) electrons. The summed E-state index contributed by atoms with van der Waals surface area (Å²) >= 11 is 1.80. The van der Waals surface area contributed by atoms with Crippen LogP contribution in [0.25, 0.3) is 10.1 Å². The van der Waals surface area contributed by atoms with Gasteiger partial charge in [0.2, 0.25) is 0 Å². The lowest BCUT2D eigenvalue weighted by atomic mass is 10.1. The molecule has 0 amide bonds. The summed E-state index contributed by atoms with van der Waals surface area (Å²) in [5.41, 5.74) is 2.86. The fourth-order valence-corrected chi connectivity index (χ4v) is 6.02. The Labute approximate surface area is 259 Å². The summed E-state index contributed by atoms with van der Waals surface area (Å²) in [4.78, 5) is 32.8. The molecule has 4 rings (SSSR count). The van der Waals surface area contributed by atoms with Crippen molar-refractivity contribution in [1.82, 2.24) is 4.90 Å². The molecule has 8 nitrogen and oxygen atoms in total. The van der Waals surface area contributed by atoms with Gasteiger partial charge in [0.1, 0.15) is 11.5 Å². The van der Waals surface area contributed by atoms with Gasteiger partial charge in [-0.1, -0.05) is 38.3 Å². The number of hydrogen-bond acceptors (Lipinski definition) is 9. The largest absolute Gasteiger partial charge is 0.514 e. The Morgan fingerprint density at radius 1 is 0.977 bits per heavy atom. The molecule has 3 aromatic rings. The van der Waals surface area contributed by atoms with Crippen molar-refractivity contribution in [3.8, 4) is 5.75 Å². The first-order chi connectivity index (χ1) is 21.0. The predicted octanol–water partition coefficient (Wildman–Crippen LogP) is 7.80. The van der Waals surface area contributed by atoms with Gasteiger partial charge in [0.25, 0.3) is 0 Å². The van der Waals surface area contributed by atoms with Crippen molar-refractivity contribution in [3.05, 3.63) is 53.4 Å². The summed E-state index contributed by atoms with van der Waals surface area (Å²) in [6.07, 6.45) is 7.41. The first kappa shape index (κ1) is 32.5. The van der Waals surface area contributed by atoms with Crippen LogP contribution in [0.1, 0.15) is 64.4 Å². The minimum absolute atomic E-state index is 0.111. The Kier molecular flexibility index (Phi) is 13.3. The summed E-state index contributed by atoms with van der Waals surface area (Å²) in [6, 6.07) is 14.5. The van der Waals surface area contributed by atoms with Crippen LogP contribution in [0, 0.1) is 0 Å². The number of Topliss-reactive ketones (excluding diaryl/α,β-unsaturated/α-hetero) is 1. The van der Waals surface area contributed by atoms with E-state index in [0.29, 0.717) is 37.5 Å². The first-order valence-corrected chi connectivity index (χ1v) is 16.5. The fourth-order valence-electron chi connectivity index (χ4n) is 5.21. The van der Waals surface area contributed by atoms with Gasteiger partial charge >= 0.3 is 6.16 Å². The Morgan fingerprint density at radius 2 is 1.81 bits per heavy atom. The van der Waals surface area contributed by atoms with Gasteiger partial charge in [-0.2, -0.15) is 0 Å². The molecule has 0 atom stereocenters. The summed E-state index contributed by atoms with van der Waals surface area (Å²) in [5, 5.41) is 3.54. The average Bonchev–Trinajstić information content (AvgIpc) is 3.50. The third-order valence-corrected chi connectivity index (χ3v) is 8.57. The van der Waals surface area contributed by atoms with Crippen LogP contribution in [0.3, 0.4) is 0 Å². The molecule has 9 heteroatoms. The molecule has 0 aliphatic carbocycles. The lowest BCUT2D eigenvalue weighted by Gasteiger charge is -2.36. The molecular weight excluding hydrogens is 562 g/mol. The third kappa shape index (κ3) is 10.7. The zero-order valence-corrected chi connectivity index (χ0v) is 26.4. The number of benzene rings is 2. The van der Waals surface area contributed by atoms with Crippen LogP contribution in [0.5, 0.6) is 5.75 Å². The van der Waals surface area contributed by atoms with Crippen LogP contribution in [0.2, 0.25) is 0 Å². The number of nitrogens with zero attached hydrogens (tertiary/aromatic N) is 3. The number of aliphatic imine (C=N–C) groups is 1. The van der Waals surface area contributed by atoms with E-state index < -0.39 is 6.16 Å². The summed E-state index contributed by atoms with van der Waals surface area (Å²) in [5.74, 6) is 0.813. The molecule has 0 N–H and O–H groups in total. The number of ketones is 1. The van der Waals surface area contributed by atoms with Gasteiger partial charge in [0.05, 0.1) is 18.9 Å². The highest BCUT2D eigenvalue weighted by Crippen LogP contribution is 2.31. The van der Waals surface area contributed by atoms with E-state index in [4.69, 9.17) is 14.2 Å². The van der Waals surface area contributed by atoms with Crippen molar-refractivity contribution in [2.45, 2.75) is 65.2 Å². The van der Waals surface area contributed by atoms with Crippen molar-refractivity contribution >= 4 is 51.1 Å². The average molecular weight is 608 g/mol. The molecule has 232 valence electrons. The van der Waals surface area contributed by atoms with Gasteiger partial charge in [0.15, 0.2) is 6.40 Å². The maximum Gasteiger partial charge on any atom is 0.514 e. The van der Waals surface area contributed by atoms with E-state index in [1.165, 1.54) is 15.8 Å². The predicted molar refractivity (Wildman–Crippen MR) is 175 cm³/mol. The topological polar surface area (TPSA) is 80.7 Å². The number of anilines is 1. The van der Waals surface area contributed by atoms with Crippen LogP contribution < -0.4 is 9.64 Å². The molecule has 2 aromatic carbocycles. The molecule has 1 aromatic heterocycles. The van der Waals surface area contributed by atoms with E-state index in [-0.39, 0.29) is 5.78 Å². The standard InChI is InChI=1S/C34H45N3O5S/c1-3-4-5-7-23-41-34(39)42-26-35-31-25-29(15-14-28(31)13-12-27(2)38)40-22-8-6-17-36-18-20-37(21-19-36)32-10-9-11-33-30(32)16-24-43-33/h9-11,14-16,24-26H,3-8,12-13,17-23H2,1-2H3. The second-order valence-corrected chi connectivity index (χ2v) is 11.9. The maximum atomic E-state index is 11.9. The number of carbonyl (C=O) groups is 2. The minimum Gasteiger partial charge on any atom is -0.494 e. The number of aryl methyl sites for hydroxylation is 1. The van der Waals surface area contributed by atoms with Gasteiger partial charge in [-0.25, -0.2) is 9.79 Å². The van der Waals surface area contributed by atoms with Crippen molar-refractivity contribution in [3.63, 3.8) is 0 Å². The molecule has 1 saturated heterocycles. The van der Waals surface area contributed by atoms with Crippen molar-refractivity contribution in [2.24, 2.45) is 4.99 Å². The number of rotatable bonds is 17. The highest BCUT2D eigenvalue weighted by molar-refractivity contribution is 7.17. The summed E-state index contributed by atoms with van der Waals surface area (Å²) < 4.78 is 17.5. The molecule has 0 spiro atoms. The molecule has 1 aliphatic rings. The van der Waals surface area contributed by atoms with Crippen LogP contribution in [-0.4, -0.2) is 69.2 Å². The van der Waals surface area contributed by atoms with E-state index in [0.717, 1.165) is 83.2 Å². The monoisotopic (exact) mass is 607 g/mol. The normalized spacial score (nSPS) is 14.0. The molecule has 0 unspecified atom stereocenters. The van der Waals surface area contributed by atoms with Crippen LogP contribution in [-0.2, 0) is 20.7 Å². The minimum atomic E-state index is -0.765. The highest BCUT2D eigenvalue weighted by Gasteiger charge is 2.18. The second kappa shape index (κ2) is 17.6. The number of ether oxygens (including phenoxy) is 3. The van der Waals surface area contributed by atoms with Gasteiger partial charge in [-0.05, 0) is 74.4 Å². The Hall–Kier alpha value is -3.43.